The Bertz CT molecular complexity index is 637. The molecule has 6 heteroatoms. The number of rotatable bonds is 5. The van der Waals surface area contributed by atoms with E-state index in [1.165, 1.54) is 11.8 Å². The molecule has 0 unspecified atom stereocenters. The number of hydrogen-bond donors (Lipinski definition) is 1. The molecule has 0 aliphatic carbocycles. The average molecular weight is 373 g/mol. The summed E-state index contributed by atoms with van der Waals surface area (Å²) in [5.74, 6) is 0.567. The molecule has 0 heterocycles. The highest BCUT2D eigenvalue weighted by atomic mass is 79.9. The second-order valence-electron chi connectivity index (χ2n) is 3.78. The minimum atomic E-state index is 0.452. The molecule has 0 aliphatic rings. The number of ether oxygens (including phenoxy) is 1. The summed E-state index contributed by atoms with van der Waals surface area (Å²) >= 11 is 11.1. The molecule has 2 aromatic carbocycles. The lowest BCUT2D eigenvalue weighted by molar-refractivity contribution is -0.105. The molecule has 0 aromatic heterocycles. The van der Waals surface area contributed by atoms with Crippen molar-refractivity contribution in [3.05, 3.63) is 45.9 Å². The SMILES string of the molecule is COc1cc(Sc2ccccc2Br)c(NC=O)cc1Cl. The van der Waals surface area contributed by atoms with Gasteiger partial charge in [0, 0.05) is 14.3 Å². The third kappa shape index (κ3) is 3.48. The predicted octanol–water partition coefficient (Wildman–Crippen LogP) is 4.83. The summed E-state index contributed by atoms with van der Waals surface area (Å²) in [5, 5.41) is 3.10. The van der Waals surface area contributed by atoms with Gasteiger partial charge in [-0.1, -0.05) is 35.5 Å². The third-order valence-corrected chi connectivity index (χ3v) is 4.91. The van der Waals surface area contributed by atoms with Crippen molar-refractivity contribution in [2.45, 2.75) is 9.79 Å². The van der Waals surface area contributed by atoms with E-state index in [4.69, 9.17) is 16.3 Å². The lowest BCUT2D eigenvalue weighted by Crippen LogP contribution is -1.97. The monoisotopic (exact) mass is 371 g/mol. The number of nitrogens with one attached hydrogen (secondary N) is 1. The van der Waals surface area contributed by atoms with Gasteiger partial charge in [0.15, 0.2) is 0 Å². The van der Waals surface area contributed by atoms with Crippen LogP contribution in [0.1, 0.15) is 0 Å². The molecule has 0 bridgehead atoms. The fourth-order valence-electron chi connectivity index (χ4n) is 1.60. The number of methoxy groups -OCH3 is 1. The number of benzene rings is 2. The van der Waals surface area contributed by atoms with Crippen LogP contribution in [0.5, 0.6) is 5.75 Å². The van der Waals surface area contributed by atoms with Gasteiger partial charge in [0.1, 0.15) is 5.75 Å². The van der Waals surface area contributed by atoms with Crippen molar-refractivity contribution in [3.8, 4) is 5.75 Å². The highest BCUT2D eigenvalue weighted by Gasteiger charge is 2.11. The van der Waals surface area contributed by atoms with Crippen LogP contribution in [0.25, 0.3) is 0 Å². The van der Waals surface area contributed by atoms with Gasteiger partial charge < -0.3 is 10.1 Å². The molecule has 104 valence electrons. The first-order chi connectivity index (χ1) is 9.65. The number of anilines is 1. The van der Waals surface area contributed by atoms with Crippen molar-refractivity contribution >= 4 is 51.4 Å². The smallest absolute Gasteiger partial charge is 0.211 e. The molecule has 0 aliphatic heterocycles. The molecule has 2 aromatic rings. The fraction of sp³-hybridized carbons (Fsp3) is 0.0714. The molecule has 3 nitrogen and oxygen atoms in total. The summed E-state index contributed by atoms with van der Waals surface area (Å²) in [6.07, 6.45) is 0.627. The van der Waals surface area contributed by atoms with Crippen LogP contribution in [0.3, 0.4) is 0 Å². The average Bonchev–Trinajstić information content (AvgIpc) is 2.44. The van der Waals surface area contributed by atoms with E-state index in [-0.39, 0.29) is 0 Å². The van der Waals surface area contributed by atoms with Gasteiger partial charge in [0.05, 0.1) is 17.8 Å². The molecule has 0 saturated carbocycles. The number of hydrogen-bond acceptors (Lipinski definition) is 3. The summed E-state index contributed by atoms with van der Waals surface area (Å²) in [7, 11) is 1.56. The van der Waals surface area contributed by atoms with Crippen molar-refractivity contribution in [1.29, 1.82) is 0 Å². The Kier molecular flexibility index (Phi) is 5.34. The van der Waals surface area contributed by atoms with Gasteiger partial charge in [0.2, 0.25) is 6.41 Å². The van der Waals surface area contributed by atoms with E-state index >= 15 is 0 Å². The number of carbonyl (C=O) groups excluding carboxylic acids is 1. The van der Waals surface area contributed by atoms with Crippen LogP contribution < -0.4 is 10.1 Å². The predicted molar refractivity (Wildman–Crippen MR) is 86.0 cm³/mol. The van der Waals surface area contributed by atoms with Crippen LogP contribution in [-0.4, -0.2) is 13.5 Å². The Labute approximate surface area is 134 Å². The van der Waals surface area contributed by atoms with Crippen LogP contribution in [0, 0.1) is 0 Å². The maximum atomic E-state index is 10.7. The van der Waals surface area contributed by atoms with Gasteiger partial charge in [-0.25, -0.2) is 0 Å². The van der Waals surface area contributed by atoms with Crippen LogP contribution in [-0.2, 0) is 4.79 Å². The number of amides is 1. The molecule has 0 fully saturated rings. The van der Waals surface area contributed by atoms with Crippen LogP contribution in [0.2, 0.25) is 5.02 Å². The molecule has 1 N–H and O–H groups in total. The van der Waals surface area contributed by atoms with Gasteiger partial charge in [-0.2, -0.15) is 0 Å². The molecule has 1 amide bonds. The second kappa shape index (κ2) is 7.02. The molecule has 0 atom stereocenters. The van der Waals surface area contributed by atoms with Crippen LogP contribution in [0.15, 0.2) is 50.7 Å². The van der Waals surface area contributed by atoms with E-state index in [0.29, 0.717) is 22.9 Å². The van der Waals surface area contributed by atoms with Gasteiger partial charge in [0.25, 0.3) is 0 Å². The second-order valence-corrected chi connectivity index (χ2v) is 6.12. The Morgan fingerprint density at radius 1 is 1.30 bits per heavy atom. The van der Waals surface area contributed by atoms with E-state index in [0.717, 1.165) is 14.3 Å². The third-order valence-electron chi connectivity index (χ3n) is 2.53. The normalized spacial score (nSPS) is 10.2. The van der Waals surface area contributed by atoms with Crippen molar-refractivity contribution in [1.82, 2.24) is 0 Å². The van der Waals surface area contributed by atoms with Crippen LogP contribution >= 0.6 is 39.3 Å². The van der Waals surface area contributed by atoms with Crippen molar-refractivity contribution in [2.75, 3.05) is 12.4 Å². The van der Waals surface area contributed by atoms with Gasteiger partial charge in [-0.05, 0) is 40.2 Å². The van der Waals surface area contributed by atoms with E-state index in [1.54, 1.807) is 19.2 Å². The van der Waals surface area contributed by atoms with Crippen molar-refractivity contribution in [2.24, 2.45) is 0 Å². The topological polar surface area (TPSA) is 38.3 Å². The quantitative estimate of drug-likeness (QED) is 0.764. The van der Waals surface area contributed by atoms with Gasteiger partial charge in [-0.15, -0.1) is 0 Å². The van der Waals surface area contributed by atoms with E-state index in [2.05, 4.69) is 21.2 Å². The van der Waals surface area contributed by atoms with E-state index in [9.17, 15) is 4.79 Å². The zero-order valence-corrected chi connectivity index (χ0v) is 13.7. The first kappa shape index (κ1) is 15.2. The van der Waals surface area contributed by atoms with Gasteiger partial charge >= 0.3 is 0 Å². The fourth-order valence-corrected chi connectivity index (χ4v) is 3.31. The minimum Gasteiger partial charge on any atom is -0.495 e. The summed E-state index contributed by atoms with van der Waals surface area (Å²) in [5.41, 5.74) is 0.645. The molecular formula is C14H11BrClNO2S. The molecular weight excluding hydrogens is 362 g/mol. The summed E-state index contributed by atoms with van der Waals surface area (Å²) in [6, 6.07) is 11.3. The Balaban J connectivity index is 2.43. The van der Waals surface area contributed by atoms with Crippen molar-refractivity contribution in [3.63, 3.8) is 0 Å². The lowest BCUT2D eigenvalue weighted by Gasteiger charge is -2.12. The van der Waals surface area contributed by atoms with Crippen molar-refractivity contribution < 1.29 is 9.53 Å². The number of carbonyl (C=O) groups is 1. The Morgan fingerprint density at radius 2 is 2.05 bits per heavy atom. The molecule has 0 radical (unpaired) electrons. The maximum Gasteiger partial charge on any atom is 0.211 e. The largest absolute Gasteiger partial charge is 0.495 e. The zero-order chi connectivity index (χ0) is 14.5. The molecule has 20 heavy (non-hydrogen) atoms. The Hall–Kier alpha value is -1.17. The van der Waals surface area contributed by atoms with E-state index < -0.39 is 0 Å². The van der Waals surface area contributed by atoms with E-state index in [1.807, 2.05) is 24.3 Å². The lowest BCUT2D eigenvalue weighted by atomic mass is 10.3. The summed E-state index contributed by atoms with van der Waals surface area (Å²) in [6.45, 7) is 0. The maximum absolute atomic E-state index is 10.7. The highest BCUT2D eigenvalue weighted by Crippen LogP contribution is 2.41. The highest BCUT2D eigenvalue weighted by molar-refractivity contribution is 9.10. The summed E-state index contributed by atoms with van der Waals surface area (Å²) < 4.78 is 6.20. The standard InChI is InChI=1S/C14H11BrClNO2S/c1-19-12-7-14(11(17-8-18)6-10(12)16)20-13-5-3-2-4-9(13)15/h2-8H,1H3,(H,17,18). The minimum absolute atomic E-state index is 0.452. The van der Waals surface area contributed by atoms with Crippen LogP contribution in [0.4, 0.5) is 5.69 Å². The zero-order valence-electron chi connectivity index (χ0n) is 10.5. The first-order valence-electron chi connectivity index (χ1n) is 5.66. The molecule has 0 saturated heterocycles. The van der Waals surface area contributed by atoms with Gasteiger partial charge in [-0.3, -0.25) is 4.79 Å². The number of halogens is 2. The first-order valence-corrected chi connectivity index (χ1v) is 7.64. The molecule has 2 rings (SSSR count). The Morgan fingerprint density at radius 3 is 2.70 bits per heavy atom. The molecule has 0 spiro atoms. The summed E-state index contributed by atoms with van der Waals surface area (Å²) in [4.78, 5) is 12.6.